The van der Waals surface area contributed by atoms with Crippen LogP contribution in [0.2, 0.25) is 5.02 Å². The number of nitrogens with zero attached hydrogens (tertiary/aromatic N) is 1. The fraction of sp³-hybridized carbons (Fsp3) is 0.500. The molecule has 1 aromatic rings. The van der Waals surface area contributed by atoms with Crippen LogP contribution in [0.5, 0.6) is 0 Å². The van der Waals surface area contributed by atoms with E-state index >= 15 is 0 Å². The predicted molar refractivity (Wildman–Crippen MR) is 65.6 cm³/mol. The van der Waals surface area contributed by atoms with Gasteiger partial charge in [0.05, 0.1) is 23.8 Å². The molecule has 1 aromatic carbocycles. The van der Waals surface area contributed by atoms with Crippen molar-refractivity contribution in [3.63, 3.8) is 0 Å². The maximum atomic E-state index is 13.1. The first kappa shape index (κ1) is 12.8. The Morgan fingerprint density at radius 2 is 2.35 bits per heavy atom. The summed E-state index contributed by atoms with van der Waals surface area (Å²) < 4.78 is 18.8. The number of ether oxygens (including phenoxy) is 1. The van der Waals surface area contributed by atoms with Crippen LogP contribution in [0, 0.1) is 5.82 Å². The number of likely N-dealkylation sites (N-methyl/N-ethyl adjacent to an activating group) is 1. The topological polar surface area (TPSA) is 38.5 Å². The van der Waals surface area contributed by atoms with Gasteiger partial charge in [0.25, 0.3) is 0 Å². The van der Waals surface area contributed by atoms with E-state index in [0.29, 0.717) is 13.2 Å². The van der Waals surface area contributed by atoms with Gasteiger partial charge in [0, 0.05) is 13.1 Å². The van der Waals surface area contributed by atoms with E-state index in [4.69, 9.17) is 22.1 Å². The van der Waals surface area contributed by atoms with Gasteiger partial charge in [0.1, 0.15) is 5.82 Å². The molecule has 0 bridgehead atoms. The number of morpholine rings is 1. The molecule has 1 saturated heterocycles. The highest BCUT2D eigenvalue weighted by atomic mass is 35.5. The molecule has 2 atom stereocenters. The molecule has 0 saturated carbocycles. The highest BCUT2D eigenvalue weighted by molar-refractivity contribution is 6.30. The minimum atomic E-state index is -0.404. The van der Waals surface area contributed by atoms with Crippen molar-refractivity contribution in [2.45, 2.75) is 12.1 Å². The standard InChI is InChI=1S/C12H16ClFN2O/c1-16-4-5-17-11(7-15)12(16)8-2-3-10(14)9(13)6-8/h2-3,6,11-12H,4-5,7,15H2,1H3. The molecule has 0 spiro atoms. The summed E-state index contributed by atoms with van der Waals surface area (Å²) in [6.45, 7) is 1.93. The van der Waals surface area contributed by atoms with Crippen molar-refractivity contribution in [1.29, 1.82) is 0 Å². The zero-order valence-corrected chi connectivity index (χ0v) is 10.5. The summed E-state index contributed by atoms with van der Waals surface area (Å²) in [5.74, 6) is -0.404. The molecular weight excluding hydrogens is 243 g/mol. The van der Waals surface area contributed by atoms with Crippen LogP contribution in [-0.2, 0) is 4.74 Å². The van der Waals surface area contributed by atoms with Crippen molar-refractivity contribution in [3.8, 4) is 0 Å². The molecule has 1 fully saturated rings. The summed E-state index contributed by atoms with van der Waals surface area (Å²) in [5, 5.41) is 0.136. The highest BCUT2D eigenvalue weighted by Gasteiger charge is 2.30. The third-order valence-electron chi connectivity index (χ3n) is 3.12. The van der Waals surface area contributed by atoms with E-state index in [9.17, 15) is 4.39 Å². The smallest absolute Gasteiger partial charge is 0.141 e. The molecule has 1 heterocycles. The Morgan fingerprint density at radius 1 is 1.59 bits per heavy atom. The van der Waals surface area contributed by atoms with Crippen molar-refractivity contribution in [1.82, 2.24) is 4.90 Å². The molecule has 0 radical (unpaired) electrons. The highest BCUT2D eigenvalue weighted by Crippen LogP contribution is 2.30. The third-order valence-corrected chi connectivity index (χ3v) is 3.41. The van der Waals surface area contributed by atoms with Gasteiger partial charge in [-0.1, -0.05) is 17.7 Å². The van der Waals surface area contributed by atoms with Crippen LogP contribution in [0.3, 0.4) is 0 Å². The van der Waals surface area contributed by atoms with Crippen molar-refractivity contribution in [2.75, 3.05) is 26.7 Å². The quantitative estimate of drug-likeness (QED) is 0.879. The van der Waals surface area contributed by atoms with E-state index in [2.05, 4.69) is 4.90 Å². The molecule has 2 N–H and O–H groups in total. The van der Waals surface area contributed by atoms with E-state index in [0.717, 1.165) is 12.1 Å². The van der Waals surface area contributed by atoms with Gasteiger partial charge in [-0.15, -0.1) is 0 Å². The summed E-state index contributed by atoms with van der Waals surface area (Å²) in [5.41, 5.74) is 6.64. The van der Waals surface area contributed by atoms with Crippen LogP contribution in [0.15, 0.2) is 18.2 Å². The van der Waals surface area contributed by atoms with Crippen LogP contribution < -0.4 is 5.73 Å². The Hall–Kier alpha value is -0.680. The van der Waals surface area contributed by atoms with E-state index in [1.807, 2.05) is 7.05 Å². The maximum Gasteiger partial charge on any atom is 0.141 e. The van der Waals surface area contributed by atoms with E-state index < -0.39 is 5.82 Å². The van der Waals surface area contributed by atoms with Gasteiger partial charge in [0.15, 0.2) is 0 Å². The second kappa shape index (κ2) is 5.31. The minimum Gasteiger partial charge on any atom is -0.374 e. The average molecular weight is 259 g/mol. The molecule has 0 aliphatic carbocycles. The number of hydrogen-bond acceptors (Lipinski definition) is 3. The first-order chi connectivity index (χ1) is 8.13. The normalized spacial score (nSPS) is 26.1. The second-order valence-corrected chi connectivity index (χ2v) is 4.65. The van der Waals surface area contributed by atoms with E-state index in [1.54, 1.807) is 12.1 Å². The van der Waals surface area contributed by atoms with E-state index in [1.165, 1.54) is 6.07 Å². The van der Waals surface area contributed by atoms with Gasteiger partial charge in [-0.3, -0.25) is 4.90 Å². The Kier molecular flexibility index (Phi) is 3.99. The molecule has 2 rings (SSSR count). The Morgan fingerprint density at radius 3 is 3.00 bits per heavy atom. The van der Waals surface area contributed by atoms with Crippen LogP contribution in [0.25, 0.3) is 0 Å². The van der Waals surface area contributed by atoms with Gasteiger partial charge < -0.3 is 10.5 Å². The van der Waals surface area contributed by atoms with Gasteiger partial charge in [-0.25, -0.2) is 4.39 Å². The number of halogens is 2. The summed E-state index contributed by atoms with van der Waals surface area (Å²) in [4.78, 5) is 2.16. The summed E-state index contributed by atoms with van der Waals surface area (Å²) in [6.07, 6.45) is -0.0738. The van der Waals surface area contributed by atoms with Crippen LogP contribution in [0.4, 0.5) is 4.39 Å². The fourth-order valence-corrected chi connectivity index (χ4v) is 2.41. The lowest BCUT2D eigenvalue weighted by Crippen LogP contribution is -2.46. The Bertz CT molecular complexity index is 402. The zero-order chi connectivity index (χ0) is 12.4. The zero-order valence-electron chi connectivity index (χ0n) is 9.70. The Balaban J connectivity index is 2.31. The number of nitrogens with two attached hydrogens (primary N) is 1. The first-order valence-electron chi connectivity index (χ1n) is 5.60. The van der Waals surface area contributed by atoms with Crippen molar-refractivity contribution in [3.05, 3.63) is 34.6 Å². The summed E-state index contributed by atoms with van der Waals surface area (Å²) in [6, 6.07) is 4.80. The molecule has 1 aliphatic heterocycles. The molecule has 17 heavy (non-hydrogen) atoms. The predicted octanol–water partition coefficient (Wildman–Crippen LogP) is 1.81. The number of rotatable bonds is 2. The fourth-order valence-electron chi connectivity index (χ4n) is 2.22. The lowest BCUT2D eigenvalue weighted by atomic mass is 9.98. The van der Waals surface area contributed by atoms with Crippen molar-refractivity contribution in [2.24, 2.45) is 5.73 Å². The SMILES string of the molecule is CN1CCOC(CN)C1c1ccc(F)c(Cl)c1. The molecule has 5 heteroatoms. The second-order valence-electron chi connectivity index (χ2n) is 4.24. The molecule has 0 aromatic heterocycles. The van der Waals surface area contributed by atoms with Crippen LogP contribution in [-0.4, -0.2) is 37.7 Å². The lowest BCUT2D eigenvalue weighted by molar-refractivity contribution is -0.0576. The van der Waals surface area contributed by atoms with Crippen molar-refractivity contribution < 1.29 is 9.13 Å². The number of hydrogen-bond donors (Lipinski definition) is 1. The molecule has 94 valence electrons. The first-order valence-corrected chi connectivity index (χ1v) is 5.98. The lowest BCUT2D eigenvalue weighted by Gasteiger charge is -2.39. The average Bonchev–Trinajstić information content (AvgIpc) is 2.32. The molecule has 2 unspecified atom stereocenters. The Labute approximate surface area is 105 Å². The monoisotopic (exact) mass is 258 g/mol. The molecule has 0 amide bonds. The summed E-state index contributed by atoms with van der Waals surface area (Å²) >= 11 is 5.81. The van der Waals surface area contributed by atoms with Gasteiger partial charge in [-0.2, -0.15) is 0 Å². The van der Waals surface area contributed by atoms with E-state index in [-0.39, 0.29) is 17.2 Å². The van der Waals surface area contributed by atoms with Crippen LogP contribution >= 0.6 is 11.6 Å². The van der Waals surface area contributed by atoms with Crippen molar-refractivity contribution >= 4 is 11.6 Å². The van der Waals surface area contributed by atoms with Gasteiger partial charge in [0.2, 0.25) is 0 Å². The van der Waals surface area contributed by atoms with Gasteiger partial charge >= 0.3 is 0 Å². The number of benzene rings is 1. The third kappa shape index (κ3) is 2.60. The largest absolute Gasteiger partial charge is 0.374 e. The summed E-state index contributed by atoms with van der Waals surface area (Å²) in [7, 11) is 2.01. The van der Waals surface area contributed by atoms with Crippen LogP contribution in [0.1, 0.15) is 11.6 Å². The molecule has 1 aliphatic rings. The molecular formula is C12H16ClFN2O. The van der Waals surface area contributed by atoms with Gasteiger partial charge in [-0.05, 0) is 24.7 Å². The maximum absolute atomic E-state index is 13.1. The molecule has 3 nitrogen and oxygen atoms in total. The minimum absolute atomic E-state index is 0.0341.